The maximum Gasteiger partial charge on any atom is -0.00400 e. The second-order valence-corrected chi connectivity index (χ2v) is 7.43. The molecule has 0 aromatic carbocycles. The molecule has 0 aliphatic rings. The van der Waals surface area contributed by atoms with Crippen LogP contribution in [0.15, 0.2) is 36.5 Å². The monoisotopic (exact) mass is 334 g/mol. The van der Waals surface area contributed by atoms with Gasteiger partial charge in [0.25, 0.3) is 0 Å². The van der Waals surface area contributed by atoms with Crippen molar-refractivity contribution in [2.24, 2.45) is 16.9 Å². The molecular weight excluding hydrogens is 292 g/mol. The molecule has 0 radical (unpaired) electrons. The van der Waals surface area contributed by atoms with Crippen LogP contribution >= 0.6 is 0 Å². The minimum Gasteiger partial charge on any atom is -0.330 e. The van der Waals surface area contributed by atoms with Crippen LogP contribution in [-0.2, 0) is 0 Å². The first kappa shape index (κ1) is 23.1. The molecule has 0 fully saturated rings. The summed E-state index contributed by atoms with van der Waals surface area (Å²) in [4.78, 5) is 0. The fourth-order valence-corrected chi connectivity index (χ4v) is 3.37. The normalized spacial score (nSPS) is 11.5. The number of hydrogen-bond acceptors (Lipinski definition) is 2. The Balaban J connectivity index is 4.81. The van der Waals surface area contributed by atoms with Gasteiger partial charge >= 0.3 is 0 Å². The molecule has 0 atom stereocenters. The van der Waals surface area contributed by atoms with Crippen LogP contribution in [0, 0.1) is 5.41 Å². The lowest BCUT2D eigenvalue weighted by atomic mass is 9.71. The topological polar surface area (TPSA) is 52.0 Å². The highest BCUT2D eigenvalue weighted by atomic mass is 14.5. The summed E-state index contributed by atoms with van der Waals surface area (Å²) < 4.78 is 0. The molecule has 0 saturated heterocycles. The van der Waals surface area contributed by atoms with Crippen molar-refractivity contribution in [2.45, 2.75) is 84.5 Å². The summed E-state index contributed by atoms with van der Waals surface area (Å²) in [6, 6.07) is 0. The van der Waals surface area contributed by atoms with E-state index >= 15 is 0 Å². The lowest BCUT2D eigenvalue weighted by Gasteiger charge is -2.34. The van der Waals surface area contributed by atoms with E-state index in [9.17, 15) is 0 Å². The highest BCUT2D eigenvalue weighted by molar-refractivity contribution is 5.01. The van der Waals surface area contributed by atoms with Crippen molar-refractivity contribution in [1.29, 1.82) is 0 Å². The highest BCUT2D eigenvalue weighted by Gasteiger charge is 2.27. The molecule has 0 aromatic rings. The second-order valence-electron chi connectivity index (χ2n) is 7.43. The van der Waals surface area contributed by atoms with Crippen molar-refractivity contribution in [2.75, 3.05) is 13.1 Å². The zero-order valence-corrected chi connectivity index (χ0v) is 16.5. The lowest BCUT2D eigenvalue weighted by Crippen LogP contribution is -2.21. The molecule has 0 saturated carbocycles. The molecule has 2 nitrogen and oxygen atoms in total. The van der Waals surface area contributed by atoms with Crippen molar-refractivity contribution in [3.63, 3.8) is 0 Å². The fraction of sp³-hybridized carbons (Fsp3) is 0.727. The molecule has 0 bridgehead atoms. The predicted octanol–water partition coefficient (Wildman–Crippen LogP) is 5.89. The zero-order valence-electron chi connectivity index (χ0n) is 16.5. The Labute approximate surface area is 151 Å². The Bertz CT molecular complexity index is 326. The van der Waals surface area contributed by atoms with Crippen LogP contribution in [0.5, 0.6) is 0 Å². The summed E-state index contributed by atoms with van der Waals surface area (Å²) in [7, 11) is 0. The van der Waals surface area contributed by atoms with Gasteiger partial charge < -0.3 is 11.5 Å². The average molecular weight is 335 g/mol. The lowest BCUT2D eigenvalue weighted by molar-refractivity contribution is 0.207. The largest absolute Gasteiger partial charge is 0.330 e. The van der Waals surface area contributed by atoms with E-state index in [0.717, 1.165) is 38.5 Å². The Kier molecular flexibility index (Phi) is 13.0. The SMILES string of the molecule is C=C(CCC)CCC(CC)(CCC(=C)CCN)CCC(=C)CCN. The molecule has 0 spiro atoms. The van der Waals surface area contributed by atoms with Crippen molar-refractivity contribution in [1.82, 2.24) is 0 Å². The molecule has 24 heavy (non-hydrogen) atoms. The van der Waals surface area contributed by atoms with Crippen LogP contribution in [0.4, 0.5) is 0 Å². The summed E-state index contributed by atoms with van der Waals surface area (Å²) in [6.45, 7) is 18.6. The van der Waals surface area contributed by atoms with E-state index in [4.69, 9.17) is 11.5 Å². The van der Waals surface area contributed by atoms with Gasteiger partial charge in [0, 0.05) is 0 Å². The van der Waals surface area contributed by atoms with Crippen LogP contribution in [0.3, 0.4) is 0 Å². The third-order valence-electron chi connectivity index (χ3n) is 5.38. The van der Waals surface area contributed by atoms with Gasteiger partial charge in [-0.1, -0.05) is 63.1 Å². The number of nitrogens with two attached hydrogens (primary N) is 2. The van der Waals surface area contributed by atoms with Gasteiger partial charge in [0.05, 0.1) is 0 Å². The van der Waals surface area contributed by atoms with Crippen LogP contribution in [-0.4, -0.2) is 13.1 Å². The van der Waals surface area contributed by atoms with Crippen molar-refractivity contribution in [3.05, 3.63) is 36.5 Å². The molecule has 0 aliphatic heterocycles. The first-order valence-electron chi connectivity index (χ1n) is 9.83. The van der Waals surface area contributed by atoms with E-state index in [1.165, 1.54) is 48.8 Å². The number of allylic oxidation sites excluding steroid dienone is 1. The van der Waals surface area contributed by atoms with Gasteiger partial charge in [0.1, 0.15) is 0 Å². The van der Waals surface area contributed by atoms with Gasteiger partial charge in [-0.05, 0) is 76.3 Å². The Morgan fingerprint density at radius 3 is 1.33 bits per heavy atom. The van der Waals surface area contributed by atoms with E-state index < -0.39 is 0 Å². The van der Waals surface area contributed by atoms with Gasteiger partial charge in [-0.2, -0.15) is 0 Å². The van der Waals surface area contributed by atoms with Crippen molar-refractivity contribution < 1.29 is 0 Å². The molecule has 4 N–H and O–H groups in total. The molecule has 0 aromatic heterocycles. The van der Waals surface area contributed by atoms with E-state index in [1.54, 1.807) is 0 Å². The molecule has 2 heteroatoms. The quantitative estimate of drug-likeness (QED) is 0.346. The van der Waals surface area contributed by atoms with Crippen molar-refractivity contribution >= 4 is 0 Å². The first-order valence-corrected chi connectivity index (χ1v) is 9.83. The maximum atomic E-state index is 5.67. The van der Waals surface area contributed by atoms with Crippen LogP contribution in [0.25, 0.3) is 0 Å². The van der Waals surface area contributed by atoms with Crippen molar-refractivity contribution in [3.8, 4) is 0 Å². The molecule has 0 rings (SSSR count). The van der Waals surface area contributed by atoms with E-state index in [-0.39, 0.29) is 0 Å². The summed E-state index contributed by atoms with van der Waals surface area (Å²) in [5.74, 6) is 0. The average Bonchev–Trinajstić information content (AvgIpc) is 2.55. The summed E-state index contributed by atoms with van der Waals surface area (Å²) in [6.07, 6.45) is 12.4. The number of rotatable bonds is 16. The number of hydrogen-bond donors (Lipinski definition) is 2. The third-order valence-corrected chi connectivity index (χ3v) is 5.38. The predicted molar refractivity (Wildman–Crippen MR) is 110 cm³/mol. The van der Waals surface area contributed by atoms with Gasteiger partial charge in [0.15, 0.2) is 0 Å². The molecule has 0 aliphatic carbocycles. The Morgan fingerprint density at radius 1 is 0.667 bits per heavy atom. The fourth-order valence-electron chi connectivity index (χ4n) is 3.37. The summed E-state index contributed by atoms with van der Waals surface area (Å²) in [5.41, 5.74) is 15.7. The maximum absolute atomic E-state index is 5.67. The Morgan fingerprint density at radius 2 is 1.04 bits per heavy atom. The van der Waals surface area contributed by atoms with E-state index in [1.807, 2.05) is 0 Å². The van der Waals surface area contributed by atoms with E-state index in [0.29, 0.717) is 18.5 Å². The molecule has 0 amide bonds. The van der Waals surface area contributed by atoms with E-state index in [2.05, 4.69) is 33.6 Å². The smallest absolute Gasteiger partial charge is 0.00400 e. The highest BCUT2D eigenvalue weighted by Crippen LogP contribution is 2.41. The second kappa shape index (κ2) is 13.4. The van der Waals surface area contributed by atoms with Crippen LogP contribution in [0.1, 0.15) is 84.5 Å². The third kappa shape index (κ3) is 10.1. The first-order chi connectivity index (χ1) is 11.4. The molecule has 0 unspecified atom stereocenters. The molecule has 140 valence electrons. The zero-order chi connectivity index (χ0) is 18.4. The van der Waals surface area contributed by atoms with Gasteiger partial charge in [-0.15, -0.1) is 0 Å². The standard InChI is InChI=1S/C22H42N2/c1-6-8-19(3)9-14-22(7-2,15-10-20(4)12-17-23)16-11-21(5)13-18-24/h3-18,23-24H2,1-2H3. The molecule has 0 heterocycles. The van der Waals surface area contributed by atoms with Gasteiger partial charge in [0.2, 0.25) is 0 Å². The molecular formula is C22H42N2. The van der Waals surface area contributed by atoms with Crippen LogP contribution in [0.2, 0.25) is 0 Å². The minimum absolute atomic E-state index is 0.367. The summed E-state index contributed by atoms with van der Waals surface area (Å²) in [5, 5.41) is 0. The Hall–Kier alpha value is -0.860. The van der Waals surface area contributed by atoms with Gasteiger partial charge in [-0.3, -0.25) is 0 Å². The summed E-state index contributed by atoms with van der Waals surface area (Å²) >= 11 is 0. The van der Waals surface area contributed by atoms with Gasteiger partial charge in [-0.25, -0.2) is 0 Å². The van der Waals surface area contributed by atoms with Crippen LogP contribution < -0.4 is 11.5 Å². The minimum atomic E-state index is 0.367.